The van der Waals surface area contributed by atoms with Gasteiger partial charge < -0.3 is 21.3 Å². The number of anilines is 2. The van der Waals surface area contributed by atoms with Crippen molar-refractivity contribution < 1.29 is 14.6 Å². The molecule has 94 valence electrons. The molecule has 0 bridgehead atoms. The number of aliphatic hydroxyl groups excluding tert-OH is 2. The highest BCUT2D eigenvalue weighted by Gasteiger charge is 2.42. The number of halogens is 1. The summed E-state index contributed by atoms with van der Waals surface area (Å²) >= 11 is 0. The summed E-state index contributed by atoms with van der Waals surface area (Å²) in [5.74, 6) is -0.107. The number of nitrogens with one attached hydrogen (secondary N) is 1. The molecule has 1 fully saturated rings. The van der Waals surface area contributed by atoms with Crippen molar-refractivity contribution in [2.75, 3.05) is 17.7 Å². The van der Waals surface area contributed by atoms with Gasteiger partial charge in [0, 0.05) is 12.5 Å². The first-order valence-electron chi connectivity index (χ1n) is 5.38. The molecule has 0 saturated heterocycles. The Morgan fingerprint density at radius 1 is 1.59 bits per heavy atom. The van der Waals surface area contributed by atoms with Crippen LogP contribution < -0.4 is 11.1 Å². The monoisotopic (exact) mass is 242 g/mol. The first kappa shape index (κ1) is 12.0. The molecule has 0 amide bonds. The first-order chi connectivity index (χ1) is 8.13. The fourth-order valence-electron chi connectivity index (χ4n) is 2.05. The van der Waals surface area contributed by atoms with Crippen LogP contribution in [0.15, 0.2) is 12.5 Å². The van der Waals surface area contributed by atoms with Gasteiger partial charge in [0.05, 0.1) is 24.0 Å². The molecular formula is C10H15FN4O2. The van der Waals surface area contributed by atoms with Crippen molar-refractivity contribution in [3.8, 4) is 0 Å². The van der Waals surface area contributed by atoms with Crippen LogP contribution in [0.4, 0.5) is 15.9 Å². The van der Waals surface area contributed by atoms with Crippen molar-refractivity contribution >= 4 is 11.5 Å². The Kier molecular flexibility index (Phi) is 3.39. The van der Waals surface area contributed by atoms with Crippen LogP contribution in [0.1, 0.15) is 6.42 Å². The van der Waals surface area contributed by atoms with Crippen molar-refractivity contribution in [1.29, 1.82) is 0 Å². The van der Waals surface area contributed by atoms with Gasteiger partial charge in [-0.15, -0.1) is 0 Å². The molecule has 2 rings (SSSR count). The summed E-state index contributed by atoms with van der Waals surface area (Å²) in [5.41, 5.74) is 5.95. The van der Waals surface area contributed by atoms with Crippen LogP contribution in [0.3, 0.4) is 0 Å². The lowest BCUT2D eigenvalue weighted by Crippen LogP contribution is -2.32. The molecule has 17 heavy (non-hydrogen) atoms. The Morgan fingerprint density at radius 2 is 2.35 bits per heavy atom. The quantitative estimate of drug-likeness (QED) is 0.572. The third-order valence-electron chi connectivity index (χ3n) is 3.05. The van der Waals surface area contributed by atoms with Gasteiger partial charge in [-0.25, -0.2) is 14.4 Å². The van der Waals surface area contributed by atoms with Crippen molar-refractivity contribution in [2.24, 2.45) is 5.92 Å². The highest BCUT2D eigenvalue weighted by Crippen LogP contribution is 2.31. The lowest BCUT2D eigenvalue weighted by molar-refractivity contribution is 0.0444. The Bertz CT molecular complexity index is 392. The van der Waals surface area contributed by atoms with Crippen LogP contribution >= 0.6 is 0 Å². The van der Waals surface area contributed by atoms with E-state index in [1.165, 1.54) is 12.5 Å². The van der Waals surface area contributed by atoms with E-state index in [2.05, 4.69) is 15.3 Å². The molecule has 4 atom stereocenters. The molecule has 0 aromatic carbocycles. The van der Waals surface area contributed by atoms with Gasteiger partial charge >= 0.3 is 0 Å². The van der Waals surface area contributed by atoms with Gasteiger partial charge in [0.25, 0.3) is 0 Å². The van der Waals surface area contributed by atoms with Crippen molar-refractivity contribution in [3.05, 3.63) is 12.5 Å². The van der Waals surface area contributed by atoms with E-state index < -0.39 is 24.2 Å². The van der Waals surface area contributed by atoms with Gasteiger partial charge in [-0.1, -0.05) is 0 Å². The number of hydrogen-bond acceptors (Lipinski definition) is 6. The van der Waals surface area contributed by atoms with E-state index in [1.54, 1.807) is 0 Å². The summed E-state index contributed by atoms with van der Waals surface area (Å²) in [6, 6.07) is -0.598. The number of aromatic nitrogens is 2. The predicted octanol–water partition coefficient (Wildman–Crippen LogP) is -0.449. The lowest BCUT2D eigenvalue weighted by Gasteiger charge is -2.17. The molecule has 6 nitrogen and oxygen atoms in total. The molecule has 1 aliphatic carbocycles. The molecule has 1 aromatic heterocycles. The van der Waals surface area contributed by atoms with Gasteiger partial charge in [0.2, 0.25) is 0 Å². The number of nitrogens with two attached hydrogens (primary N) is 1. The topological polar surface area (TPSA) is 104 Å². The molecule has 1 heterocycles. The first-order valence-corrected chi connectivity index (χ1v) is 5.38. The van der Waals surface area contributed by atoms with E-state index in [0.29, 0.717) is 17.9 Å². The van der Waals surface area contributed by atoms with Crippen LogP contribution in [0.2, 0.25) is 0 Å². The van der Waals surface area contributed by atoms with Gasteiger partial charge in [-0.2, -0.15) is 0 Å². The fourth-order valence-corrected chi connectivity index (χ4v) is 2.05. The molecule has 0 radical (unpaired) electrons. The minimum Gasteiger partial charge on any atom is -0.396 e. The van der Waals surface area contributed by atoms with E-state index in [-0.39, 0.29) is 6.61 Å². The number of alkyl halides is 1. The molecule has 1 aliphatic rings. The van der Waals surface area contributed by atoms with E-state index in [4.69, 9.17) is 10.8 Å². The molecule has 0 aliphatic heterocycles. The zero-order valence-corrected chi connectivity index (χ0v) is 9.12. The minimum absolute atomic E-state index is 0.237. The molecule has 1 aromatic rings. The predicted molar refractivity (Wildman–Crippen MR) is 60.0 cm³/mol. The smallest absolute Gasteiger partial charge is 0.152 e. The Morgan fingerprint density at radius 3 is 2.94 bits per heavy atom. The molecular weight excluding hydrogens is 227 g/mol. The maximum Gasteiger partial charge on any atom is 0.152 e. The third kappa shape index (κ3) is 2.29. The lowest BCUT2D eigenvalue weighted by atomic mass is 10.1. The van der Waals surface area contributed by atoms with Crippen LogP contribution in [0, 0.1) is 5.92 Å². The number of hydrogen-bond donors (Lipinski definition) is 4. The van der Waals surface area contributed by atoms with E-state index in [1.807, 2.05) is 0 Å². The Balaban J connectivity index is 2.08. The maximum atomic E-state index is 13.7. The molecule has 7 heteroatoms. The summed E-state index contributed by atoms with van der Waals surface area (Å²) < 4.78 is 13.7. The molecule has 1 unspecified atom stereocenters. The average molecular weight is 242 g/mol. The van der Waals surface area contributed by atoms with Crippen LogP contribution in [0.25, 0.3) is 0 Å². The highest BCUT2D eigenvalue weighted by molar-refractivity contribution is 5.59. The number of rotatable bonds is 3. The van der Waals surface area contributed by atoms with E-state index in [9.17, 15) is 9.50 Å². The van der Waals surface area contributed by atoms with Gasteiger partial charge in [-0.05, 0) is 6.42 Å². The average Bonchev–Trinajstić information content (AvgIpc) is 2.60. The zero-order valence-electron chi connectivity index (χ0n) is 9.12. The second kappa shape index (κ2) is 4.80. The van der Waals surface area contributed by atoms with Crippen LogP contribution in [-0.4, -0.2) is 45.1 Å². The normalized spacial score (nSPS) is 32.6. The fraction of sp³-hybridized carbons (Fsp3) is 0.600. The Hall–Kier alpha value is -1.47. The molecule has 1 saturated carbocycles. The van der Waals surface area contributed by atoms with Gasteiger partial charge in [0.1, 0.15) is 12.5 Å². The second-order valence-corrected chi connectivity index (χ2v) is 4.19. The van der Waals surface area contributed by atoms with Crippen molar-refractivity contribution in [2.45, 2.75) is 24.7 Å². The van der Waals surface area contributed by atoms with E-state index in [0.717, 1.165) is 0 Å². The summed E-state index contributed by atoms with van der Waals surface area (Å²) in [5, 5.41) is 21.4. The van der Waals surface area contributed by atoms with Crippen molar-refractivity contribution in [1.82, 2.24) is 9.97 Å². The van der Waals surface area contributed by atoms with E-state index >= 15 is 0 Å². The Labute approximate surface area is 97.7 Å². The summed E-state index contributed by atoms with van der Waals surface area (Å²) in [4.78, 5) is 7.62. The molecule has 5 N–H and O–H groups in total. The maximum absolute atomic E-state index is 13.7. The number of nitrogen functional groups attached to an aromatic ring is 1. The van der Waals surface area contributed by atoms with Crippen LogP contribution in [0.5, 0.6) is 0 Å². The third-order valence-corrected chi connectivity index (χ3v) is 3.05. The minimum atomic E-state index is -1.44. The van der Waals surface area contributed by atoms with Crippen molar-refractivity contribution in [3.63, 3.8) is 0 Å². The SMILES string of the molecule is Nc1cncnc1N[C@@H]1C[C@H](CO)C(O)[C@H]1F. The number of nitrogens with zero attached hydrogens (tertiary/aromatic N) is 2. The summed E-state index contributed by atoms with van der Waals surface area (Å²) in [6.45, 7) is -0.237. The number of aliphatic hydroxyl groups is 2. The molecule has 0 spiro atoms. The summed E-state index contributed by atoms with van der Waals surface area (Å²) in [6.07, 6.45) is 0.461. The standard InChI is InChI=1S/C10H15FN4O2/c11-8-7(1-5(3-16)9(8)17)15-10-6(12)2-13-4-14-10/h2,4-5,7-9,16-17H,1,3,12H2,(H,13,14,15)/t5-,7-,8+,9?/m1/s1. The van der Waals surface area contributed by atoms with Crippen LogP contribution in [-0.2, 0) is 0 Å². The highest BCUT2D eigenvalue weighted by atomic mass is 19.1. The second-order valence-electron chi connectivity index (χ2n) is 4.19. The van der Waals surface area contributed by atoms with Gasteiger partial charge in [0.15, 0.2) is 5.82 Å². The largest absolute Gasteiger partial charge is 0.396 e. The van der Waals surface area contributed by atoms with Gasteiger partial charge in [-0.3, -0.25) is 0 Å². The summed E-state index contributed by atoms with van der Waals surface area (Å²) in [7, 11) is 0. The zero-order chi connectivity index (χ0) is 12.4.